The van der Waals surface area contributed by atoms with Gasteiger partial charge in [-0.1, -0.05) is 0 Å². The lowest BCUT2D eigenvalue weighted by atomic mass is 10.0. The molecular weight excluding hydrogens is 278 g/mol. The molecule has 0 atom stereocenters. The Labute approximate surface area is 118 Å². The van der Waals surface area contributed by atoms with E-state index in [1.54, 1.807) is 12.1 Å². The number of ether oxygens (including phenoxy) is 1. The molecule has 0 bridgehead atoms. The number of methoxy groups -OCH3 is 1. The minimum absolute atomic E-state index is 0.0235. The summed E-state index contributed by atoms with van der Waals surface area (Å²) in [6.07, 6.45) is 1.13. The van der Waals surface area contributed by atoms with E-state index in [0.717, 1.165) is 24.5 Å². The molecular formula is C16H10F2O3. The summed E-state index contributed by atoms with van der Waals surface area (Å²) < 4.78 is 37.4. The molecule has 0 aliphatic carbocycles. The van der Waals surface area contributed by atoms with Crippen molar-refractivity contribution in [2.45, 2.75) is 0 Å². The lowest BCUT2D eigenvalue weighted by Crippen LogP contribution is -2.06. The van der Waals surface area contributed by atoms with Gasteiger partial charge in [0, 0.05) is 11.6 Å². The first-order chi connectivity index (χ1) is 10.1. The van der Waals surface area contributed by atoms with Crippen molar-refractivity contribution < 1.29 is 17.9 Å². The van der Waals surface area contributed by atoms with E-state index in [0.29, 0.717) is 11.3 Å². The number of fused-ring (bicyclic) bond motifs is 1. The summed E-state index contributed by atoms with van der Waals surface area (Å²) in [5, 5.41) is 0.275. The van der Waals surface area contributed by atoms with Crippen LogP contribution in [0, 0.1) is 11.6 Å². The zero-order valence-corrected chi connectivity index (χ0v) is 11.0. The Morgan fingerprint density at radius 1 is 1.05 bits per heavy atom. The van der Waals surface area contributed by atoms with Crippen LogP contribution in [0.15, 0.2) is 51.9 Å². The molecule has 3 rings (SSSR count). The number of halogens is 2. The molecule has 0 spiro atoms. The molecule has 0 saturated heterocycles. The van der Waals surface area contributed by atoms with Crippen LogP contribution in [-0.4, -0.2) is 7.11 Å². The fourth-order valence-electron chi connectivity index (χ4n) is 2.13. The predicted octanol–water partition coefficient (Wildman–Crippen LogP) is 3.75. The van der Waals surface area contributed by atoms with Gasteiger partial charge in [-0.05, 0) is 30.3 Å². The van der Waals surface area contributed by atoms with Gasteiger partial charge in [0.1, 0.15) is 29.2 Å². The van der Waals surface area contributed by atoms with Crippen molar-refractivity contribution in [3.05, 3.63) is 64.5 Å². The van der Waals surface area contributed by atoms with Crippen molar-refractivity contribution in [1.29, 1.82) is 0 Å². The molecule has 5 heteroatoms. The summed E-state index contributed by atoms with van der Waals surface area (Å²) in [6.45, 7) is 0. The van der Waals surface area contributed by atoms with Crippen molar-refractivity contribution in [2.24, 2.45) is 0 Å². The number of benzene rings is 2. The van der Waals surface area contributed by atoms with Crippen molar-refractivity contribution in [2.75, 3.05) is 7.11 Å². The second-order valence-corrected chi connectivity index (χ2v) is 4.46. The molecule has 0 fully saturated rings. The maximum atomic E-state index is 13.8. The van der Waals surface area contributed by atoms with Crippen molar-refractivity contribution >= 4 is 11.0 Å². The standard InChI is InChI=1S/C16H10F2O3/c1-20-10-3-4-11-15(7-10)21-8-13(16(11)19)12-6-9(17)2-5-14(12)18/h2-8H,1H3. The molecule has 0 aliphatic heterocycles. The van der Waals surface area contributed by atoms with Crippen LogP contribution in [0.2, 0.25) is 0 Å². The summed E-state index contributed by atoms with van der Waals surface area (Å²) in [7, 11) is 1.50. The minimum atomic E-state index is -0.684. The Bertz CT molecular complexity index is 884. The Hall–Kier alpha value is -2.69. The number of hydrogen-bond donors (Lipinski definition) is 0. The molecule has 3 aromatic rings. The van der Waals surface area contributed by atoms with Gasteiger partial charge in [-0.2, -0.15) is 0 Å². The first-order valence-electron chi connectivity index (χ1n) is 6.15. The van der Waals surface area contributed by atoms with Crippen LogP contribution >= 0.6 is 0 Å². The van der Waals surface area contributed by atoms with Crippen molar-refractivity contribution in [3.63, 3.8) is 0 Å². The van der Waals surface area contributed by atoms with Crippen LogP contribution in [0.1, 0.15) is 0 Å². The third-order valence-corrected chi connectivity index (χ3v) is 3.20. The topological polar surface area (TPSA) is 39.4 Å². The molecule has 1 heterocycles. The molecule has 0 unspecified atom stereocenters. The maximum Gasteiger partial charge on any atom is 0.200 e. The zero-order valence-electron chi connectivity index (χ0n) is 11.0. The largest absolute Gasteiger partial charge is 0.497 e. The van der Waals surface area contributed by atoms with Crippen LogP contribution in [0.4, 0.5) is 8.78 Å². The Balaban J connectivity index is 2.27. The second kappa shape index (κ2) is 5.01. The van der Waals surface area contributed by atoms with Crippen LogP contribution in [0.3, 0.4) is 0 Å². The Morgan fingerprint density at radius 3 is 2.62 bits per heavy atom. The molecule has 106 valence electrons. The molecule has 0 aliphatic rings. The molecule has 0 N–H and O–H groups in total. The van der Waals surface area contributed by atoms with E-state index >= 15 is 0 Å². The van der Waals surface area contributed by atoms with Gasteiger partial charge in [0.25, 0.3) is 0 Å². The lowest BCUT2D eigenvalue weighted by molar-refractivity contribution is 0.414. The van der Waals surface area contributed by atoms with E-state index in [1.165, 1.54) is 13.2 Å². The van der Waals surface area contributed by atoms with Crippen molar-refractivity contribution in [3.8, 4) is 16.9 Å². The highest BCUT2D eigenvalue weighted by Crippen LogP contribution is 2.25. The van der Waals surface area contributed by atoms with E-state index in [9.17, 15) is 13.6 Å². The number of hydrogen-bond acceptors (Lipinski definition) is 3. The van der Waals surface area contributed by atoms with Gasteiger partial charge in [-0.25, -0.2) is 8.78 Å². The third kappa shape index (κ3) is 2.27. The van der Waals surface area contributed by atoms with E-state index in [2.05, 4.69) is 0 Å². The first-order valence-corrected chi connectivity index (χ1v) is 6.15. The maximum absolute atomic E-state index is 13.8. The SMILES string of the molecule is COc1ccc2c(=O)c(-c3cc(F)ccc3F)coc2c1. The van der Waals surface area contributed by atoms with Gasteiger partial charge >= 0.3 is 0 Å². The van der Waals surface area contributed by atoms with Crippen molar-refractivity contribution in [1.82, 2.24) is 0 Å². The molecule has 2 aromatic carbocycles. The lowest BCUT2D eigenvalue weighted by Gasteiger charge is -2.05. The summed E-state index contributed by atoms with van der Waals surface area (Å²) in [5.74, 6) is -0.771. The molecule has 21 heavy (non-hydrogen) atoms. The highest BCUT2D eigenvalue weighted by molar-refractivity contribution is 5.82. The minimum Gasteiger partial charge on any atom is -0.497 e. The summed E-state index contributed by atoms with van der Waals surface area (Å²) in [6, 6.07) is 7.62. The van der Waals surface area contributed by atoms with Gasteiger partial charge in [0.15, 0.2) is 0 Å². The third-order valence-electron chi connectivity index (χ3n) is 3.20. The van der Waals surface area contributed by atoms with E-state index < -0.39 is 17.1 Å². The average molecular weight is 288 g/mol. The quantitative estimate of drug-likeness (QED) is 0.721. The molecule has 0 saturated carbocycles. The van der Waals surface area contributed by atoms with Gasteiger partial charge in [0.2, 0.25) is 5.43 Å². The van der Waals surface area contributed by atoms with E-state index in [-0.39, 0.29) is 16.5 Å². The first kappa shape index (κ1) is 13.3. The highest BCUT2D eigenvalue weighted by Gasteiger charge is 2.14. The van der Waals surface area contributed by atoms with Crippen LogP contribution in [0.5, 0.6) is 5.75 Å². The summed E-state index contributed by atoms with van der Waals surface area (Å²) in [5.41, 5.74) is -0.255. The van der Waals surface area contributed by atoms with E-state index in [1.807, 2.05) is 0 Å². The highest BCUT2D eigenvalue weighted by atomic mass is 19.1. The summed E-state index contributed by atoms with van der Waals surface area (Å²) in [4.78, 5) is 12.4. The normalized spacial score (nSPS) is 10.8. The van der Waals surface area contributed by atoms with Gasteiger partial charge < -0.3 is 9.15 Å². The Kier molecular flexibility index (Phi) is 3.17. The van der Waals surface area contributed by atoms with Crippen LogP contribution in [0.25, 0.3) is 22.1 Å². The second-order valence-electron chi connectivity index (χ2n) is 4.46. The molecule has 0 amide bonds. The molecule has 0 radical (unpaired) electrons. The van der Waals surface area contributed by atoms with Crippen LogP contribution < -0.4 is 10.2 Å². The fourth-order valence-corrected chi connectivity index (χ4v) is 2.13. The van der Waals surface area contributed by atoms with E-state index in [4.69, 9.17) is 9.15 Å². The monoisotopic (exact) mass is 288 g/mol. The fraction of sp³-hybridized carbons (Fsp3) is 0.0625. The average Bonchev–Trinajstić information content (AvgIpc) is 2.50. The zero-order chi connectivity index (χ0) is 15.0. The number of rotatable bonds is 2. The molecule has 3 nitrogen and oxygen atoms in total. The van der Waals surface area contributed by atoms with Crippen LogP contribution in [-0.2, 0) is 0 Å². The van der Waals surface area contributed by atoms with Gasteiger partial charge in [-0.3, -0.25) is 4.79 Å². The smallest absolute Gasteiger partial charge is 0.200 e. The summed E-state index contributed by atoms with van der Waals surface area (Å²) >= 11 is 0. The predicted molar refractivity (Wildman–Crippen MR) is 74.4 cm³/mol. The van der Waals surface area contributed by atoms with Gasteiger partial charge in [0.05, 0.1) is 18.1 Å². The Morgan fingerprint density at radius 2 is 1.86 bits per heavy atom. The van der Waals surface area contributed by atoms with Gasteiger partial charge in [-0.15, -0.1) is 0 Å². The molecule has 1 aromatic heterocycles.